The number of benzene rings is 1. The number of rotatable bonds is 3. The molecule has 0 spiro atoms. The van der Waals surface area contributed by atoms with Crippen LogP contribution in [0.3, 0.4) is 0 Å². The summed E-state index contributed by atoms with van der Waals surface area (Å²) >= 11 is 1.59. The third kappa shape index (κ3) is 3.31. The van der Waals surface area contributed by atoms with Crippen LogP contribution >= 0.6 is 11.3 Å². The fourth-order valence-electron chi connectivity index (χ4n) is 2.58. The average molecular weight is 301 g/mol. The molecule has 1 aromatic carbocycles. The van der Waals surface area contributed by atoms with E-state index in [0.717, 1.165) is 29.2 Å². The minimum absolute atomic E-state index is 0.129. The van der Waals surface area contributed by atoms with Gasteiger partial charge in [0.25, 0.3) is 0 Å². The van der Waals surface area contributed by atoms with Crippen LogP contribution in [0.25, 0.3) is 10.6 Å². The average Bonchev–Trinajstić information content (AvgIpc) is 3.08. The molecule has 0 bridgehead atoms. The van der Waals surface area contributed by atoms with Crippen LogP contribution in [-0.2, 0) is 11.2 Å². The monoisotopic (exact) mass is 301 g/mol. The Kier molecular flexibility index (Phi) is 4.03. The maximum Gasteiger partial charge on any atom is 0.228 e. The number of carbonyl (C=O) groups is 1. The quantitative estimate of drug-likeness (QED) is 0.945. The van der Waals surface area contributed by atoms with Crippen molar-refractivity contribution in [3.05, 3.63) is 40.9 Å². The van der Waals surface area contributed by atoms with Crippen molar-refractivity contribution in [1.29, 1.82) is 0 Å². The molecule has 1 atom stereocenters. The number of nitrogens with two attached hydrogens (primary N) is 1. The molecule has 2 N–H and O–H groups in total. The van der Waals surface area contributed by atoms with E-state index < -0.39 is 0 Å². The number of amides is 1. The summed E-state index contributed by atoms with van der Waals surface area (Å²) in [6.45, 7) is 3.51. The van der Waals surface area contributed by atoms with Gasteiger partial charge in [0.15, 0.2) is 0 Å². The topological polar surface area (TPSA) is 59.2 Å². The van der Waals surface area contributed by atoms with Crippen molar-refractivity contribution in [2.45, 2.75) is 25.8 Å². The smallest absolute Gasteiger partial charge is 0.228 e. The number of aryl methyl sites for hydroxylation is 1. The normalized spacial score (nSPS) is 18.2. The molecule has 2 heterocycles. The number of carbonyl (C=O) groups excluding carboxylic acids is 1. The first-order valence-corrected chi connectivity index (χ1v) is 8.04. The summed E-state index contributed by atoms with van der Waals surface area (Å²) in [7, 11) is 0. The lowest BCUT2D eigenvalue weighted by atomic mass is 10.1. The lowest BCUT2D eigenvalue weighted by Crippen LogP contribution is -2.32. The minimum Gasteiger partial charge on any atom is -0.341 e. The molecule has 3 rings (SSSR count). The molecule has 1 amide bonds. The Labute approximate surface area is 128 Å². The van der Waals surface area contributed by atoms with E-state index in [0.29, 0.717) is 13.0 Å². The van der Waals surface area contributed by atoms with Crippen LogP contribution in [0.15, 0.2) is 29.6 Å². The zero-order chi connectivity index (χ0) is 14.8. The molecule has 0 unspecified atom stereocenters. The molecule has 0 aliphatic carbocycles. The van der Waals surface area contributed by atoms with Gasteiger partial charge in [-0.1, -0.05) is 23.8 Å². The second kappa shape index (κ2) is 5.95. The van der Waals surface area contributed by atoms with Crippen molar-refractivity contribution in [1.82, 2.24) is 9.88 Å². The summed E-state index contributed by atoms with van der Waals surface area (Å²) in [5, 5.41) is 2.95. The molecule has 1 aliphatic rings. The maximum absolute atomic E-state index is 12.2. The van der Waals surface area contributed by atoms with E-state index in [1.54, 1.807) is 11.3 Å². The molecule has 0 radical (unpaired) electrons. The Balaban J connectivity index is 1.69. The summed E-state index contributed by atoms with van der Waals surface area (Å²) in [5.41, 5.74) is 9.02. The van der Waals surface area contributed by atoms with E-state index in [1.807, 2.05) is 16.3 Å². The lowest BCUT2D eigenvalue weighted by Gasteiger charge is -2.14. The summed E-state index contributed by atoms with van der Waals surface area (Å²) in [5.74, 6) is 0.129. The molecule has 1 saturated heterocycles. The Morgan fingerprint density at radius 2 is 2.38 bits per heavy atom. The summed E-state index contributed by atoms with van der Waals surface area (Å²) < 4.78 is 0. The zero-order valence-electron chi connectivity index (χ0n) is 12.1. The lowest BCUT2D eigenvalue weighted by molar-refractivity contribution is -0.129. The first kappa shape index (κ1) is 14.2. The second-order valence-corrected chi connectivity index (χ2v) is 6.44. The Morgan fingerprint density at radius 3 is 3.10 bits per heavy atom. The molecule has 1 fully saturated rings. The van der Waals surface area contributed by atoms with Crippen molar-refractivity contribution in [2.75, 3.05) is 13.1 Å². The highest BCUT2D eigenvalue weighted by molar-refractivity contribution is 7.13. The van der Waals surface area contributed by atoms with Gasteiger partial charge in [-0.25, -0.2) is 4.98 Å². The predicted molar refractivity (Wildman–Crippen MR) is 85.2 cm³/mol. The van der Waals surface area contributed by atoms with Crippen LogP contribution in [0.4, 0.5) is 0 Å². The van der Waals surface area contributed by atoms with Crippen LogP contribution < -0.4 is 5.73 Å². The summed E-state index contributed by atoms with van der Waals surface area (Å²) in [4.78, 5) is 18.6. The van der Waals surface area contributed by atoms with Gasteiger partial charge < -0.3 is 10.6 Å². The molecule has 5 heteroatoms. The Morgan fingerprint density at radius 1 is 1.52 bits per heavy atom. The van der Waals surface area contributed by atoms with E-state index in [4.69, 9.17) is 5.73 Å². The summed E-state index contributed by atoms with van der Waals surface area (Å²) in [6.07, 6.45) is 1.27. The van der Waals surface area contributed by atoms with Crippen molar-refractivity contribution in [2.24, 2.45) is 5.73 Å². The van der Waals surface area contributed by atoms with Crippen LogP contribution in [-0.4, -0.2) is 34.9 Å². The third-order valence-electron chi connectivity index (χ3n) is 3.73. The van der Waals surface area contributed by atoms with Gasteiger partial charge in [0.05, 0.1) is 12.1 Å². The molecule has 4 nitrogen and oxygen atoms in total. The van der Waals surface area contributed by atoms with Gasteiger partial charge in [-0.2, -0.15) is 0 Å². The highest BCUT2D eigenvalue weighted by Crippen LogP contribution is 2.25. The molecular formula is C16H19N3OS. The third-order valence-corrected chi connectivity index (χ3v) is 4.67. The number of thiazole rings is 1. The standard InChI is InChI=1S/C16H19N3OS/c1-11-3-2-4-12(7-11)16-18-14(10-21-16)8-15(20)19-6-5-13(17)9-19/h2-4,7,10,13H,5-6,8-9,17H2,1H3/t13-/m1/s1. The molecule has 1 aliphatic heterocycles. The van der Waals surface area contributed by atoms with Crippen LogP contribution in [0.1, 0.15) is 17.7 Å². The molecule has 110 valence electrons. The van der Waals surface area contributed by atoms with Crippen LogP contribution in [0.5, 0.6) is 0 Å². The van der Waals surface area contributed by atoms with Crippen molar-refractivity contribution in [3.8, 4) is 10.6 Å². The SMILES string of the molecule is Cc1cccc(-c2nc(CC(=O)N3CC[C@@H](N)C3)cs2)c1. The van der Waals surface area contributed by atoms with Crippen molar-refractivity contribution >= 4 is 17.2 Å². The fourth-order valence-corrected chi connectivity index (χ4v) is 3.40. The van der Waals surface area contributed by atoms with E-state index >= 15 is 0 Å². The van der Waals surface area contributed by atoms with Gasteiger partial charge >= 0.3 is 0 Å². The maximum atomic E-state index is 12.2. The van der Waals surface area contributed by atoms with E-state index in [2.05, 4.69) is 30.1 Å². The second-order valence-electron chi connectivity index (χ2n) is 5.58. The predicted octanol–water partition coefficient (Wildman–Crippen LogP) is 2.22. The highest BCUT2D eigenvalue weighted by atomic mass is 32.1. The Bertz CT molecular complexity index is 652. The van der Waals surface area contributed by atoms with Crippen LogP contribution in [0, 0.1) is 6.92 Å². The number of aromatic nitrogens is 1. The van der Waals surface area contributed by atoms with Crippen molar-refractivity contribution < 1.29 is 4.79 Å². The van der Waals surface area contributed by atoms with Gasteiger partial charge in [0.1, 0.15) is 5.01 Å². The molecule has 2 aromatic rings. The van der Waals surface area contributed by atoms with Gasteiger partial charge in [0, 0.05) is 30.1 Å². The molecule has 0 saturated carbocycles. The van der Waals surface area contributed by atoms with E-state index in [-0.39, 0.29) is 11.9 Å². The van der Waals surface area contributed by atoms with E-state index in [9.17, 15) is 4.79 Å². The fraction of sp³-hybridized carbons (Fsp3) is 0.375. The number of nitrogens with zero attached hydrogens (tertiary/aromatic N) is 2. The van der Waals surface area contributed by atoms with E-state index in [1.165, 1.54) is 5.56 Å². The number of hydrogen-bond acceptors (Lipinski definition) is 4. The number of hydrogen-bond donors (Lipinski definition) is 1. The highest BCUT2D eigenvalue weighted by Gasteiger charge is 2.24. The molecule has 1 aromatic heterocycles. The van der Waals surface area contributed by atoms with Gasteiger partial charge in [0.2, 0.25) is 5.91 Å². The summed E-state index contributed by atoms with van der Waals surface area (Å²) in [6, 6.07) is 8.40. The molecule has 21 heavy (non-hydrogen) atoms. The zero-order valence-corrected chi connectivity index (χ0v) is 12.9. The first-order valence-electron chi connectivity index (χ1n) is 7.16. The number of likely N-dealkylation sites (tertiary alicyclic amines) is 1. The first-order chi connectivity index (χ1) is 10.1. The minimum atomic E-state index is 0.129. The van der Waals surface area contributed by atoms with Gasteiger partial charge in [-0.15, -0.1) is 11.3 Å². The Hall–Kier alpha value is -1.72. The van der Waals surface area contributed by atoms with Crippen molar-refractivity contribution in [3.63, 3.8) is 0 Å². The molecular weight excluding hydrogens is 282 g/mol. The van der Waals surface area contributed by atoms with Crippen LogP contribution in [0.2, 0.25) is 0 Å². The largest absolute Gasteiger partial charge is 0.341 e. The van der Waals surface area contributed by atoms with Gasteiger partial charge in [-0.05, 0) is 19.4 Å². The van der Waals surface area contributed by atoms with Gasteiger partial charge in [-0.3, -0.25) is 4.79 Å².